The van der Waals surface area contributed by atoms with E-state index >= 15 is 0 Å². The normalized spacial score (nSPS) is 0.800. The predicted octanol–water partition coefficient (Wildman–Crippen LogP) is -1.23. The molecule has 0 saturated heterocycles. The average Bonchev–Trinajstić information content (AvgIpc) is 1.00. The van der Waals surface area contributed by atoms with Gasteiger partial charge in [-0.15, -0.1) is 0 Å². The Labute approximate surface area is 97.6 Å². The van der Waals surface area contributed by atoms with Crippen molar-refractivity contribution in [3.05, 3.63) is 0 Å². The topological polar surface area (TPSA) is 23.9 Å². The zero-order valence-corrected chi connectivity index (χ0v) is 12.5. The van der Waals surface area contributed by atoms with Crippen molar-refractivity contribution in [1.82, 2.24) is 0 Å². The van der Waals surface area contributed by atoms with Gasteiger partial charge in [-0.1, -0.05) is 0 Å². The Balaban J connectivity index is -0.00000000167. The van der Waals surface area contributed by atoms with Crippen LogP contribution in [0.15, 0.2) is 0 Å². The zero-order valence-electron chi connectivity index (χ0n) is 2.29. The molecule has 0 heterocycles. The van der Waals surface area contributed by atoms with Crippen molar-refractivity contribution in [1.29, 1.82) is 3.51 Å². The van der Waals surface area contributed by atoms with E-state index in [9.17, 15) is 0 Å². The Bertz CT molecular complexity index is 3.61. The molecule has 0 fully saturated rings. The number of rotatable bonds is 0. The van der Waals surface area contributed by atoms with E-state index < -0.39 is 0 Å². The van der Waals surface area contributed by atoms with Gasteiger partial charge >= 0.3 is 26.4 Å². The second-order valence-electron chi connectivity index (χ2n) is 0. The van der Waals surface area contributed by atoms with E-state index in [2.05, 4.69) is 0 Å². The first kappa shape index (κ1) is 24.3. The molecule has 26 valence electrons. The van der Waals surface area contributed by atoms with Crippen LogP contribution in [0.1, 0.15) is 0 Å². The Hall–Kier alpha value is 3.07. The second kappa shape index (κ2) is 27.6. The van der Waals surface area contributed by atoms with Gasteiger partial charge in [0.25, 0.3) is 0 Å². The molecule has 1 N–H and O–H groups in total. The first-order chi connectivity index (χ1) is 1.00. The number of nitrogens with one attached hydrogen (secondary N) is 1. The van der Waals surface area contributed by atoms with Crippen LogP contribution < -0.4 is 0 Å². The summed E-state index contributed by atoms with van der Waals surface area (Å²) in [5.74, 6) is 0. The summed E-state index contributed by atoms with van der Waals surface area (Å²) in [5.41, 5.74) is 0. The van der Waals surface area contributed by atoms with Crippen LogP contribution in [-0.2, 0) is 0 Å². The van der Waals surface area contributed by atoms with Gasteiger partial charge in [-0.3, -0.25) is 0 Å². The van der Waals surface area contributed by atoms with Crippen LogP contribution in [0.3, 0.4) is 0 Å². The average molecular weight is 502 g/mol. The Morgan fingerprint density at radius 3 is 0.800 bits per heavy atom. The minimum atomic E-state index is 0. The number of hydrogen-bond donors (Lipinski definition) is 1. The van der Waals surface area contributed by atoms with E-state index in [-0.39, 0.29) is 73.3 Å². The molecular formula is HNSb4. The van der Waals surface area contributed by atoms with E-state index in [1.165, 1.54) is 0 Å². The van der Waals surface area contributed by atoms with Crippen molar-refractivity contribution in [2.45, 2.75) is 0 Å². The van der Waals surface area contributed by atoms with Crippen LogP contribution in [0.2, 0.25) is 0 Å². The van der Waals surface area contributed by atoms with Crippen molar-refractivity contribution in [2.75, 3.05) is 0 Å². The third kappa shape index (κ3) is 19.3. The minimum Gasteiger partial charge on any atom is 0 e. The molecule has 0 aromatic heterocycles. The largest absolute Gasteiger partial charge is 0 e. The summed E-state index contributed by atoms with van der Waals surface area (Å²) < 4.78 is 5.80. The molecule has 0 spiro atoms. The van der Waals surface area contributed by atoms with Crippen LogP contribution in [-0.4, -0.2) is 96.1 Å². The molecule has 0 unspecified atom stereocenters. The first-order valence-electron chi connectivity index (χ1n) is 0.224. The summed E-state index contributed by atoms with van der Waals surface area (Å²) in [6.45, 7) is 0. The molecule has 0 aliphatic rings. The summed E-state index contributed by atoms with van der Waals surface area (Å²) in [6.07, 6.45) is 0. The van der Waals surface area contributed by atoms with Gasteiger partial charge < -0.3 is 0 Å². The summed E-state index contributed by atoms with van der Waals surface area (Å²) in [6, 6.07) is 0. The Kier molecular flexibility index (Phi) is 135. The molecule has 0 aliphatic heterocycles. The summed E-state index contributed by atoms with van der Waals surface area (Å²) in [5, 5.41) is 0. The van der Waals surface area contributed by atoms with E-state index in [0.717, 1.165) is 22.9 Å². The van der Waals surface area contributed by atoms with E-state index in [4.69, 9.17) is 3.51 Å². The molecule has 5 heteroatoms. The van der Waals surface area contributed by atoms with Crippen LogP contribution in [0, 0.1) is 3.51 Å². The van der Waals surface area contributed by atoms with E-state index in [1.807, 2.05) is 0 Å². The summed E-state index contributed by atoms with van der Waals surface area (Å²) >= 11 is 1.00. The molecule has 5 heavy (non-hydrogen) atoms. The molecule has 0 bridgehead atoms. The molecule has 0 rings (SSSR count). The van der Waals surface area contributed by atoms with Crippen LogP contribution in [0.5, 0.6) is 0 Å². The molecule has 1 nitrogen and oxygen atoms in total. The number of hydrogen-bond acceptors (Lipinski definition) is 1. The van der Waals surface area contributed by atoms with Gasteiger partial charge in [-0.25, -0.2) is 0 Å². The maximum Gasteiger partial charge on any atom is 0 e. The SMILES string of the molecule is [NH]=[Sb].[Sb].[Sb].[Sb]. The molecule has 10 radical (unpaired) electrons. The van der Waals surface area contributed by atoms with Gasteiger partial charge in [-0.2, -0.15) is 0 Å². The molecule has 0 aromatic rings. The van der Waals surface area contributed by atoms with E-state index in [1.54, 1.807) is 0 Å². The molecular weight excluding hydrogens is 501 g/mol. The van der Waals surface area contributed by atoms with Gasteiger partial charge in [0.2, 0.25) is 0 Å². The van der Waals surface area contributed by atoms with Crippen molar-refractivity contribution in [3.63, 3.8) is 0 Å². The first-order valence-corrected chi connectivity index (χ1v) is 1.50. The quantitative estimate of drug-likeness (QED) is 0.402. The maximum absolute atomic E-state index is 5.80. The standard InChI is InChI=1S/HN.4Sb/h1H;;;;. The zero-order chi connectivity index (χ0) is 2.00. The van der Waals surface area contributed by atoms with Gasteiger partial charge in [-0.05, 0) is 0 Å². The predicted molar refractivity (Wildman–Crippen MR) is 25.7 cm³/mol. The molecule has 0 aliphatic carbocycles. The van der Waals surface area contributed by atoms with Gasteiger partial charge in [0.1, 0.15) is 0 Å². The smallest absolute Gasteiger partial charge is 0 e. The Morgan fingerprint density at radius 1 is 0.800 bits per heavy atom. The van der Waals surface area contributed by atoms with Crippen molar-refractivity contribution in [3.8, 4) is 0 Å². The van der Waals surface area contributed by atoms with Crippen molar-refractivity contribution < 1.29 is 0 Å². The maximum atomic E-state index is 5.80. The Morgan fingerprint density at radius 2 is 0.800 bits per heavy atom. The molecule has 0 amide bonds. The molecule has 0 atom stereocenters. The van der Waals surface area contributed by atoms with Crippen LogP contribution >= 0.6 is 0 Å². The monoisotopic (exact) mass is 499 g/mol. The van der Waals surface area contributed by atoms with E-state index in [0.29, 0.717) is 0 Å². The van der Waals surface area contributed by atoms with Gasteiger partial charge in [0.15, 0.2) is 0 Å². The fourth-order valence-electron chi connectivity index (χ4n) is 0. The van der Waals surface area contributed by atoms with Gasteiger partial charge in [0.05, 0.1) is 0 Å². The fourth-order valence-corrected chi connectivity index (χ4v) is 0. The molecule has 0 saturated carbocycles. The van der Waals surface area contributed by atoms with Gasteiger partial charge in [0, 0.05) is 73.3 Å². The fraction of sp³-hybridized carbons (Fsp3) is 0. The summed E-state index contributed by atoms with van der Waals surface area (Å²) in [4.78, 5) is 0. The minimum absolute atomic E-state index is 0. The second-order valence-corrected chi connectivity index (χ2v) is 0. The van der Waals surface area contributed by atoms with Crippen molar-refractivity contribution >= 4 is 96.1 Å². The third-order valence-corrected chi connectivity index (χ3v) is 0. The van der Waals surface area contributed by atoms with Crippen LogP contribution in [0.4, 0.5) is 0 Å². The van der Waals surface area contributed by atoms with Crippen molar-refractivity contribution in [2.24, 2.45) is 0 Å². The summed E-state index contributed by atoms with van der Waals surface area (Å²) in [7, 11) is 0. The third-order valence-electron chi connectivity index (χ3n) is 0. The van der Waals surface area contributed by atoms with Crippen LogP contribution in [0.25, 0.3) is 0 Å². The molecule has 0 aromatic carbocycles.